The third-order valence-electron chi connectivity index (χ3n) is 4.43. The number of unbranched alkanes of at least 4 members (excludes halogenated alkanes) is 1. The molecule has 5 nitrogen and oxygen atoms in total. The van der Waals surface area contributed by atoms with E-state index in [0.29, 0.717) is 18.2 Å². The lowest BCUT2D eigenvalue weighted by Gasteiger charge is -2.26. The number of aldehydes is 1. The molecule has 0 amide bonds. The molecule has 23 heavy (non-hydrogen) atoms. The molecule has 0 saturated heterocycles. The molecular weight excluding hydrogens is 290 g/mol. The van der Waals surface area contributed by atoms with Crippen LogP contribution in [0.4, 0.5) is 0 Å². The molecule has 1 heterocycles. The van der Waals surface area contributed by atoms with Gasteiger partial charge in [-0.1, -0.05) is 23.8 Å². The van der Waals surface area contributed by atoms with E-state index in [1.165, 1.54) is 12.0 Å². The van der Waals surface area contributed by atoms with E-state index < -0.39 is 0 Å². The van der Waals surface area contributed by atoms with E-state index in [2.05, 4.69) is 23.3 Å². The number of carbonyl (C=O) groups is 1. The molecule has 1 aliphatic rings. The maximum atomic E-state index is 11.1. The van der Waals surface area contributed by atoms with Gasteiger partial charge in [-0.15, -0.1) is 5.10 Å². The van der Waals surface area contributed by atoms with Crippen molar-refractivity contribution in [3.8, 4) is 5.75 Å². The van der Waals surface area contributed by atoms with Crippen molar-refractivity contribution < 1.29 is 9.53 Å². The lowest BCUT2D eigenvalue weighted by molar-refractivity contribution is 0.111. The van der Waals surface area contributed by atoms with Crippen LogP contribution < -0.4 is 4.74 Å². The first-order valence-corrected chi connectivity index (χ1v) is 8.36. The molecule has 1 aromatic carbocycles. The topological polar surface area (TPSA) is 57.0 Å². The molecule has 1 saturated carbocycles. The van der Waals surface area contributed by atoms with Crippen molar-refractivity contribution >= 4 is 6.29 Å². The highest BCUT2D eigenvalue weighted by atomic mass is 16.5. The molecule has 0 bridgehead atoms. The molecule has 3 rings (SSSR count). The minimum atomic E-state index is 0.466. The Kier molecular flexibility index (Phi) is 5.05. The molecular formula is C18H23N3O2. The van der Waals surface area contributed by atoms with Crippen molar-refractivity contribution in [1.29, 1.82) is 0 Å². The van der Waals surface area contributed by atoms with Crippen LogP contribution in [0.3, 0.4) is 0 Å². The van der Waals surface area contributed by atoms with Gasteiger partial charge in [0, 0.05) is 12.5 Å². The van der Waals surface area contributed by atoms with Gasteiger partial charge >= 0.3 is 0 Å². The number of hydrogen-bond donors (Lipinski definition) is 0. The van der Waals surface area contributed by atoms with Crippen LogP contribution >= 0.6 is 0 Å². The summed E-state index contributed by atoms with van der Waals surface area (Å²) < 4.78 is 7.68. The fourth-order valence-corrected chi connectivity index (χ4v) is 2.94. The minimum absolute atomic E-state index is 0.466. The molecule has 0 N–H and O–H groups in total. The largest absolute Gasteiger partial charge is 0.494 e. The first kappa shape index (κ1) is 15.7. The van der Waals surface area contributed by atoms with Gasteiger partial charge < -0.3 is 4.74 Å². The Hall–Kier alpha value is -2.17. The number of benzene rings is 1. The standard InChI is InChI=1S/C18H23N3O2/c1-14-6-4-9-16(12-14)23-11-3-2-10-21-18(15-7-5-8-15)17(13-22)19-20-21/h4,6,9,12-13,15H,2-3,5,7-8,10-11H2,1H3. The zero-order valence-corrected chi connectivity index (χ0v) is 13.6. The number of ether oxygens (including phenoxy) is 1. The predicted octanol–water partition coefficient (Wildman–Crippen LogP) is 3.53. The highest BCUT2D eigenvalue weighted by molar-refractivity contribution is 5.73. The van der Waals surface area contributed by atoms with Gasteiger partial charge in [-0.25, -0.2) is 4.68 Å². The van der Waals surface area contributed by atoms with Crippen LogP contribution in [0.15, 0.2) is 24.3 Å². The van der Waals surface area contributed by atoms with Crippen LogP contribution in [0, 0.1) is 6.92 Å². The zero-order chi connectivity index (χ0) is 16.1. The van der Waals surface area contributed by atoms with Gasteiger partial charge in [0.1, 0.15) is 11.4 Å². The number of hydrogen-bond acceptors (Lipinski definition) is 4. The van der Waals surface area contributed by atoms with Crippen molar-refractivity contribution in [2.45, 2.75) is 51.5 Å². The summed E-state index contributed by atoms with van der Waals surface area (Å²) in [5.41, 5.74) is 2.76. The fourth-order valence-electron chi connectivity index (χ4n) is 2.94. The monoisotopic (exact) mass is 313 g/mol. The Morgan fingerprint density at radius 1 is 1.35 bits per heavy atom. The fraction of sp³-hybridized carbons (Fsp3) is 0.500. The summed E-state index contributed by atoms with van der Waals surface area (Å²) in [6.07, 6.45) is 6.27. The van der Waals surface area contributed by atoms with Crippen LogP contribution in [0.1, 0.15) is 59.8 Å². The van der Waals surface area contributed by atoms with Crippen molar-refractivity contribution in [2.24, 2.45) is 0 Å². The Bertz CT molecular complexity index is 662. The summed E-state index contributed by atoms with van der Waals surface area (Å²) in [7, 11) is 0. The van der Waals surface area contributed by atoms with Crippen molar-refractivity contribution in [3.05, 3.63) is 41.2 Å². The second-order valence-corrected chi connectivity index (χ2v) is 6.20. The third kappa shape index (κ3) is 3.78. The first-order valence-electron chi connectivity index (χ1n) is 8.36. The first-order chi connectivity index (χ1) is 11.3. The van der Waals surface area contributed by atoms with Crippen LogP contribution in [0.25, 0.3) is 0 Å². The molecule has 0 spiro atoms. The van der Waals surface area contributed by atoms with E-state index in [1.807, 2.05) is 22.9 Å². The van der Waals surface area contributed by atoms with Crippen molar-refractivity contribution in [3.63, 3.8) is 0 Å². The molecule has 1 fully saturated rings. The summed E-state index contributed by atoms with van der Waals surface area (Å²) in [4.78, 5) is 11.1. The predicted molar refractivity (Wildman–Crippen MR) is 87.9 cm³/mol. The third-order valence-corrected chi connectivity index (χ3v) is 4.43. The number of nitrogens with zero attached hydrogens (tertiary/aromatic N) is 3. The number of aryl methyl sites for hydroxylation is 2. The summed E-state index contributed by atoms with van der Waals surface area (Å²) in [6, 6.07) is 8.09. The van der Waals surface area contributed by atoms with Gasteiger partial charge in [0.05, 0.1) is 12.3 Å². The van der Waals surface area contributed by atoms with E-state index >= 15 is 0 Å². The smallest absolute Gasteiger partial charge is 0.172 e. The van der Waals surface area contributed by atoms with Crippen molar-refractivity contribution in [1.82, 2.24) is 15.0 Å². The second kappa shape index (κ2) is 7.40. The molecule has 2 aromatic rings. The van der Waals surface area contributed by atoms with E-state index in [9.17, 15) is 4.79 Å². The lowest BCUT2D eigenvalue weighted by atomic mass is 9.82. The van der Waals surface area contributed by atoms with Gasteiger partial charge in [-0.2, -0.15) is 0 Å². The Labute approximate surface area is 136 Å². The maximum absolute atomic E-state index is 11.1. The van der Waals surface area contributed by atoms with E-state index in [1.54, 1.807) is 0 Å². The summed E-state index contributed by atoms with van der Waals surface area (Å²) >= 11 is 0. The SMILES string of the molecule is Cc1cccc(OCCCCn2nnc(C=O)c2C2CCC2)c1. The molecule has 0 atom stereocenters. The van der Waals surface area contributed by atoms with Crippen LogP contribution in [0.5, 0.6) is 5.75 Å². The molecule has 0 aliphatic heterocycles. The average molecular weight is 313 g/mol. The van der Waals surface area contributed by atoms with E-state index in [4.69, 9.17) is 4.74 Å². The molecule has 122 valence electrons. The highest BCUT2D eigenvalue weighted by Gasteiger charge is 2.27. The average Bonchev–Trinajstić information content (AvgIpc) is 2.88. The maximum Gasteiger partial charge on any atom is 0.172 e. The second-order valence-electron chi connectivity index (χ2n) is 6.20. The van der Waals surface area contributed by atoms with Gasteiger partial charge in [-0.3, -0.25) is 4.79 Å². The molecule has 1 aromatic heterocycles. The molecule has 1 aliphatic carbocycles. The van der Waals surface area contributed by atoms with Gasteiger partial charge in [0.15, 0.2) is 6.29 Å². The summed E-state index contributed by atoms with van der Waals surface area (Å²) in [6.45, 7) is 3.55. The molecule has 0 radical (unpaired) electrons. The molecule has 0 unspecified atom stereocenters. The number of aromatic nitrogens is 3. The van der Waals surface area contributed by atoms with Crippen molar-refractivity contribution in [2.75, 3.05) is 6.61 Å². The molecule has 5 heteroatoms. The quantitative estimate of drug-likeness (QED) is 0.552. The van der Waals surface area contributed by atoms with Gasteiger partial charge in [-0.05, 0) is 50.3 Å². The Balaban J connectivity index is 1.47. The minimum Gasteiger partial charge on any atom is -0.494 e. The number of rotatable bonds is 8. The van der Waals surface area contributed by atoms with Crippen LogP contribution in [-0.2, 0) is 6.54 Å². The van der Waals surface area contributed by atoms with Crippen LogP contribution in [0.2, 0.25) is 0 Å². The zero-order valence-electron chi connectivity index (χ0n) is 13.6. The van der Waals surface area contributed by atoms with Gasteiger partial charge in [0.25, 0.3) is 0 Å². The van der Waals surface area contributed by atoms with E-state index in [-0.39, 0.29) is 0 Å². The lowest BCUT2D eigenvalue weighted by Crippen LogP contribution is -2.17. The highest BCUT2D eigenvalue weighted by Crippen LogP contribution is 2.37. The Morgan fingerprint density at radius 2 is 2.22 bits per heavy atom. The normalized spacial score (nSPS) is 14.5. The summed E-state index contributed by atoms with van der Waals surface area (Å²) in [5.74, 6) is 1.39. The van der Waals surface area contributed by atoms with Gasteiger partial charge in [0.2, 0.25) is 0 Å². The van der Waals surface area contributed by atoms with E-state index in [0.717, 1.165) is 50.0 Å². The Morgan fingerprint density at radius 3 is 2.91 bits per heavy atom. The van der Waals surface area contributed by atoms with Crippen LogP contribution in [-0.4, -0.2) is 27.9 Å². The number of carbonyl (C=O) groups excluding carboxylic acids is 1. The summed E-state index contributed by atoms with van der Waals surface area (Å²) in [5, 5.41) is 8.16.